The third-order valence-electron chi connectivity index (χ3n) is 3.36. The van der Waals surface area contributed by atoms with Crippen molar-refractivity contribution in [2.24, 2.45) is 11.1 Å². The lowest BCUT2D eigenvalue weighted by Crippen LogP contribution is -2.40. The maximum absolute atomic E-state index is 7.51. The molecule has 3 N–H and O–H groups in total. The minimum Gasteiger partial charge on any atom is -0.384 e. The molecule has 0 aromatic carbocycles. The number of amidine groups is 1. The zero-order valence-corrected chi connectivity index (χ0v) is 11.6. The molecule has 0 saturated carbocycles. The first-order chi connectivity index (χ1) is 8.41. The molecule has 5 heteroatoms. The first-order valence-electron chi connectivity index (χ1n) is 6.14. The van der Waals surface area contributed by atoms with Crippen molar-refractivity contribution in [3.05, 3.63) is 22.8 Å². The van der Waals surface area contributed by atoms with Gasteiger partial charge in [0.15, 0.2) is 0 Å². The highest BCUT2D eigenvalue weighted by Gasteiger charge is 2.28. The summed E-state index contributed by atoms with van der Waals surface area (Å²) in [4.78, 5) is 6.55. The molecule has 0 amide bonds. The fourth-order valence-electron chi connectivity index (χ4n) is 2.47. The Balaban J connectivity index is 2.34. The summed E-state index contributed by atoms with van der Waals surface area (Å²) in [7, 11) is 0. The van der Waals surface area contributed by atoms with Crippen LogP contribution in [-0.4, -0.2) is 23.9 Å². The number of aromatic nitrogens is 1. The summed E-state index contributed by atoms with van der Waals surface area (Å²) in [5, 5.41) is 8.00. The maximum Gasteiger partial charge on any atom is 0.148 e. The minimum absolute atomic E-state index is 0.0140. The molecular formula is C13H19ClN4. The maximum atomic E-state index is 7.51. The van der Waals surface area contributed by atoms with E-state index in [0.717, 1.165) is 25.3 Å². The summed E-state index contributed by atoms with van der Waals surface area (Å²) in [5.41, 5.74) is 6.35. The van der Waals surface area contributed by atoms with E-state index in [1.165, 1.54) is 6.42 Å². The van der Waals surface area contributed by atoms with Crippen molar-refractivity contribution in [1.29, 1.82) is 5.41 Å². The second-order valence-electron chi connectivity index (χ2n) is 5.60. The van der Waals surface area contributed by atoms with Crippen LogP contribution in [0.2, 0.25) is 5.02 Å². The number of nitrogens with two attached hydrogens (primary N) is 1. The van der Waals surface area contributed by atoms with Gasteiger partial charge in [-0.2, -0.15) is 0 Å². The molecule has 1 aliphatic heterocycles. The number of hydrogen-bond donors (Lipinski definition) is 2. The van der Waals surface area contributed by atoms with Crippen molar-refractivity contribution in [3.8, 4) is 0 Å². The number of nitrogens with one attached hydrogen (secondary N) is 1. The highest BCUT2D eigenvalue weighted by molar-refractivity contribution is 6.36. The van der Waals surface area contributed by atoms with E-state index in [-0.39, 0.29) is 11.3 Å². The van der Waals surface area contributed by atoms with Crippen LogP contribution >= 0.6 is 11.6 Å². The van der Waals surface area contributed by atoms with Crippen LogP contribution in [0, 0.1) is 10.8 Å². The fraction of sp³-hybridized carbons (Fsp3) is 0.538. The van der Waals surface area contributed by atoms with Gasteiger partial charge >= 0.3 is 0 Å². The smallest absolute Gasteiger partial charge is 0.148 e. The lowest BCUT2D eigenvalue weighted by Gasteiger charge is -2.39. The van der Waals surface area contributed by atoms with E-state index in [1.807, 2.05) is 0 Å². The van der Waals surface area contributed by atoms with Crippen molar-refractivity contribution in [3.63, 3.8) is 0 Å². The van der Waals surface area contributed by atoms with Crippen LogP contribution in [0.15, 0.2) is 12.3 Å². The second kappa shape index (κ2) is 4.76. The molecule has 0 bridgehead atoms. The molecule has 0 spiro atoms. The van der Waals surface area contributed by atoms with E-state index in [4.69, 9.17) is 22.7 Å². The molecule has 1 fully saturated rings. The van der Waals surface area contributed by atoms with Gasteiger partial charge in [-0.15, -0.1) is 0 Å². The molecule has 1 aromatic rings. The highest BCUT2D eigenvalue weighted by atomic mass is 35.5. The van der Waals surface area contributed by atoms with Gasteiger partial charge in [-0.05, 0) is 24.3 Å². The van der Waals surface area contributed by atoms with Gasteiger partial charge in [-0.3, -0.25) is 5.41 Å². The lowest BCUT2D eigenvalue weighted by molar-refractivity contribution is 0.292. The largest absolute Gasteiger partial charge is 0.384 e. The Bertz CT molecular complexity index is 470. The summed E-state index contributed by atoms with van der Waals surface area (Å²) in [6, 6.07) is 1.68. The number of nitrogens with zero attached hydrogens (tertiary/aromatic N) is 2. The number of halogens is 1. The van der Waals surface area contributed by atoms with E-state index in [1.54, 1.807) is 12.3 Å². The Morgan fingerprint density at radius 1 is 1.56 bits per heavy atom. The summed E-state index contributed by atoms with van der Waals surface area (Å²) in [5.74, 6) is 0.733. The normalized spacial score (nSPS) is 18.7. The summed E-state index contributed by atoms with van der Waals surface area (Å²) >= 11 is 6.31. The zero-order chi connectivity index (χ0) is 13.3. The average molecular weight is 267 g/mol. The van der Waals surface area contributed by atoms with Crippen LogP contribution in [0.4, 0.5) is 5.82 Å². The Labute approximate surface area is 113 Å². The standard InChI is InChI=1S/C13H19ClN4/c1-13(2)5-3-7-18(8-13)12-10(14)9(11(15)16)4-6-17-12/h4,6H,3,5,7-8H2,1-2H3,(H3,15,16). The molecule has 0 unspecified atom stereocenters. The molecule has 98 valence electrons. The van der Waals surface area contributed by atoms with Crippen molar-refractivity contribution in [2.45, 2.75) is 26.7 Å². The van der Waals surface area contributed by atoms with Gasteiger partial charge < -0.3 is 10.6 Å². The first-order valence-corrected chi connectivity index (χ1v) is 6.52. The predicted octanol–water partition coefficient (Wildman–Crippen LogP) is 2.65. The van der Waals surface area contributed by atoms with Crippen LogP contribution in [0.5, 0.6) is 0 Å². The summed E-state index contributed by atoms with van der Waals surface area (Å²) < 4.78 is 0. The monoisotopic (exact) mass is 266 g/mol. The van der Waals surface area contributed by atoms with Crippen molar-refractivity contribution >= 4 is 23.3 Å². The van der Waals surface area contributed by atoms with Gasteiger partial charge in [0.2, 0.25) is 0 Å². The Morgan fingerprint density at radius 2 is 2.28 bits per heavy atom. The van der Waals surface area contributed by atoms with E-state index in [9.17, 15) is 0 Å². The third kappa shape index (κ3) is 2.58. The van der Waals surface area contributed by atoms with Crippen LogP contribution in [0.25, 0.3) is 0 Å². The predicted molar refractivity (Wildman–Crippen MR) is 75.5 cm³/mol. The van der Waals surface area contributed by atoms with Gasteiger partial charge in [0.1, 0.15) is 11.7 Å². The van der Waals surface area contributed by atoms with E-state index in [2.05, 4.69) is 23.7 Å². The zero-order valence-electron chi connectivity index (χ0n) is 10.8. The van der Waals surface area contributed by atoms with Gasteiger partial charge in [-0.25, -0.2) is 4.98 Å². The van der Waals surface area contributed by atoms with E-state index < -0.39 is 0 Å². The van der Waals surface area contributed by atoms with Gasteiger partial charge in [0.25, 0.3) is 0 Å². The molecule has 0 aliphatic carbocycles. The third-order valence-corrected chi connectivity index (χ3v) is 3.73. The van der Waals surface area contributed by atoms with E-state index in [0.29, 0.717) is 10.6 Å². The average Bonchev–Trinajstić information content (AvgIpc) is 2.27. The molecular weight excluding hydrogens is 248 g/mol. The fourth-order valence-corrected chi connectivity index (χ4v) is 2.80. The molecule has 2 heterocycles. The Kier molecular flexibility index (Phi) is 3.48. The Hall–Kier alpha value is -1.29. The molecule has 18 heavy (non-hydrogen) atoms. The number of anilines is 1. The molecule has 1 aliphatic rings. The van der Waals surface area contributed by atoms with Crippen molar-refractivity contribution in [2.75, 3.05) is 18.0 Å². The lowest BCUT2D eigenvalue weighted by atomic mass is 9.84. The van der Waals surface area contributed by atoms with Crippen LogP contribution in [0.1, 0.15) is 32.3 Å². The van der Waals surface area contributed by atoms with Crippen molar-refractivity contribution in [1.82, 2.24) is 4.98 Å². The van der Waals surface area contributed by atoms with E-state index >= 15 is 0 Å². The van der Waals surface area contributed by atoms with Crippen LogP contribution in [0.3, 0.4) is 0 Å². The number of pyridine rings is 1. The van der Waals surface area contributed by atoms with Gasteiger partial charge in [-0.1, -0.05) is 25.4 Å². The van der Waals surface area contributed by atoms with Gasteiger partial charge in [0, 0.05) is 24.8 Å². The number of rotatable bonds is 2. The first kappa shape index (κ1) is 13.1. The second-order valence-corrected chi connectivity index (χ2v) is 5.98. The quantitative estimate of drug-likeness (QED) is 0.639. The Morgan fingerprint density at radius 3 is 2.89 bits per heavy atom. The van der Waals surface area contributed by atoms with Crippen LogP contribution in [-0.2, 0) is 0 Å². The summed E-state index contributed by atoms with van der Waals surface area (Å²) in [6.07, 6.45) is 4.02. The molecule has 0 radical (unpaired) electrons. The highest BCUT2D eigenvalue weighted by Crippen LogP contribution is 2.34. The molecule has 1 aromatic heterocycles. The minimum atomic E-state index is -0.0140. The topological polar surface area (TPSA) is 66.0 Å². The summed E-state index contributed by atoms with van der Waals surface area (Å²) in [6.45, 7) is 6.39. The molecule has 2 rings (SSSR count). The number of hydrogen-bond acceptors (Lipinski definition) is 3. The number of piperidine rings is 1. The number of nitrogen functional groups attached to an aromatic ring is 1. The molecule has 0 atom stereocenters. The molecule has 4 nitrogen and oxygen atoms in total. The van der Waals surface area contributed by atoms with Gasteiger partial charge in [0.05, 0.1) is 5.02 Å². The van der Waals surface area contributed by atoms with Crippen LogP contribution < -0.4 is 10.6 Å². The molecule has 1 saturated heterocycles. The van der Waals surface area contributed by atoms with Crippen molar-refractivity contribution < 1.29 is 0 Å². The SMILES string of the molecule is CC1(C)CCCN(c2nccc(C(=N)N)c2Cl)C1.